The number of unbranched alkanes of at least 4 members (excludes halogenated alkanes) is 10. The minimum atomic E-state index is -0.313. The highest BCUT2D eigenvalue weighted by Gasteiger charge is 2.10. The maximum Gasteiger partial charge on any atom is 0.0639 e. The van der Waals surface area contributed by atoms with Gasteiger partial charge in [0.05, 0.1) is 12.2 Å². The molecule has 0 aliphatic rings. The van der Waals surface area contributed by atoms with Gasteiger partial charge in [-0.1, -0.05) is 71.1 Å². The first-order valence-corrected chi connectivity index (χ1v) is 9.64. The molecule has 0 rings (SSSR count). The van der Waals surface area contributed by atoms with Crippen LogP contribution in [-0.4, -0.2) is 47.0 Å². The van der Waals surface area contributed by atoms with Crippen molar-refractivity contribution in [2.75, 3.05) is 19.6 Å². The lowest BCUT2D eigenvalue weighted by atomic mass is 10.1. The van der Waals surface area contributed by atoms with Gasteiger partial charge in [0.1, 0.15) is 0 Å². The lowest BCUT2D eigenvalue weighted by molar-refractivity contribution is 0.0825. The average molecular weight is 316 g/mol. The van der Waals surface area contributed by atoms with Gasteiger partial charge in [-0.15, -0.1) is 0 Å². The zero-order valence-corrected chi connectivity index (χ0v) is 15.4. The molecule has 0 fully saturated rings. The van der Waals surface area contributed by atoms with Gasteiger partial charge in [0.2, 0.25) is 0 Å². The minimum Gasteiger partial charge on any atom is -0.392 e. The number of hydrogen-bond donors (Lipinski definition) is 2. The first kappa shape index (κ1) is 21.9. The highest BCUT2D eigenvalue weighted by molar-refractivity contribution is 4.64. The zero-order chi connectivity index (χ0) is 16.6. The highest BCUT2D eigenvalue weighted by atomic mass is 16.3. The molecule has 0 saturated carbocycles. The summed E-state index contributed by atoms with van der Waals surface area (Å²) in [5.74, 6) is 0. The van der Waals surface area contributed by atoms with Crippen LogP contribution >= 0.6 is 0 Å². The lowest BCUT2D eigenvalue weighted by Crippen LogP contribution is -2.36. The van der Waals surface area contributed by atoms with Gasteiger partial charge in [0, 0.05) is 13.1 Å². The van der Waals surface area contributed by atoms with Crippen molar-refractivity contribution in [1.29, 1.82) is 0 Å². The van der Waals surface area contributed by atoms with E-state index in [-0.39, 0.29) is 12.2 Å². The molecular formula is C19H41NO2. The van der Waals surface area contributed by atoms with E-state index < -0.39 is 0 Å². The third kappa shape index (κ3) is 16.3. The minimum absolute atomic E-state index is 0.313. The van der Waals surface area contributed by atoms with Crippen molar-refractivity contribution in [3.05, 3.63) is 0 Å². The molecule has 3 nitrogen and oxygen atoms in total. The fourth-order valence-corrected chi connectivity index (χ4v) is 3.00. The molecule has 0 aliphatic heterocycles. The van der Waals surface area contributed by atoms with E-state index in [1.165, 1.54) is 70.6 Å². The van der Waals surface area contributed by atoms with E-state index in [1.54, 1.807) is 0 Å². The standard InChI is InChI=1S/C19H41NO2/c1-4-5-6-7-8-9-10-11-12-13-14-15-20(16-18(2)21)17-19(3)22/h18-19,21-22H,4-17H2,1-3H3. The van der Waals surface area contributed by atoms with Gasteiger partial charge in [0.15, 0.2) is 0 Å². The summed E-state index contributed by atoms with van der Waals surface area (Å²) in [5, 5.41) is 19.0. The molecule has 2 atom stereocenters. The van der Waals surface area contributed by atoms with Crippen molar-refractivity contribution >= 4 is 0 Å². The molecule has 0 aromatic carbocycles. The second kappa shape index (κ2) is 15.8. The number of aliphatic hydroxyl groups excluding tert-OH is 2. The molecule has 0 aromatic heterocycles. The molecule has 0 amide bonds. The molecule has 22 heavy (non-hydrogen) atoms. The molecule has 0 spiro atoms. The Hall–Kier alpha value is -0.120. The summed E-state index contributed by atoms with van der Waals surface area (Å²) in [5.41, 5.74) is 0. The largest absolute Gasteiger partial charge is 0.392 e. The maximum absolute atomic E-state index is 9.49. The monoisotopic (exact) mass is 315 g/mol. The first-order valence-electron chi connectivity index (χ1n) is 9.64. The Morgan fingerprint density at radius 2 is 1.00 bits per heavy atom. The highest BCUT2D eigenvalue weighted by Crippen LogP contribution is 2.11. The molecule has 2 N–H and O–H groups in total. The molecule has 2 unspecified atom stereocenters. The second-order valence-corrected chi connectivity index (χ2v) is 6.99. The summed E-state index contributed by atoms with van der Waals surface area (Å²) in [6.07, 6.45) is 14.3. The summed E-state index contributed by atoms with van der Waals surface area (Å²) in [6.45, 7) is 8.23. The van der Waals surface area contributed by atoms with Crippen molar-refractivity contribution in [2.45, 2.75) is 104 Å². The quantitative estimate of drug-likeness (QED) is 0.416. The van der Waals surface area contributed by atoms with Gasteiger partial charge < -0.3 is 10.2 Å². The predicted octanol–water partition coefficient (Wildman–Crippen LogP) is 4.36. The topological polar surface area (TPSA) is 43.7 Å². The van der Waals surface area contributed by atoms with Gasteiger partial charge in [-0.3, -0.25) is 4.90 Å². The van der Waals surface area contributed by atoms with Crippen LogP contribution < -0.4 is 0 Å². The summed E-state index contributed by atoms with van der Waals surface area (Å²) in [4.78, 5) is 2.18. The molecule has 0 bridgehead atoms. The van der Waals surface area contributed by atoms with E-state index in [9.17, 15) is 10.2 Å². The summed E-state index contributed by atoms with van der Waals surface area (Å²) >= 11 is 0. The number of aliphatic hydroxyl groups is 2. The Labute approximate surface area is 139 Å². The van der Waals surface area contributed by atoms with Gasteiger partial charge in [-0.2, -0.15) is 0 Å². The van der Waals surface area contributed by atoms with Gasteiger partial charge in [-0.05, 0) is 26.8 Å². The van der Waals surface area contributed by atoms with Crippen molar-refractivity contribution in [1.82, 2.24) is 4.90 Å². The van der Waals surface area contributed by atoms with Crippen molar-refractivity contribution in [2.24, 2.45) is 0 Å². The van der Waals surface area contributed by atoms with Crippen LogP contribution in [0, 0.1) is 0 Å². The van der Waals surface area contributed by atoms with Crippen molar-refractivity contribution in [3.8, 4) is 0 Å². The molecule has 0 aromatic rings. The summed E-state index contributed by atoms with van der Waals surface area (Å²) in [6, 6.07) is 0. The van der Waals surface area contributed by atoms with E-state index in [0.29, 0.717) is 13.1 Å². The number of rotatable bonds is 16. The normalized spacial score (nSPS) is 14.5. The third-order valence-electron chi connectivity index (χ3n) is 4.12. The summed E-state index contributed by atoms with van der Waals surface area (Å²) < 4.78 is 0. The van der Waals surface area contributed by atoms with Crippen LogP contribution in [0.5, 0.6) is 0 Å². The van der Waals surface area contributed by atoms with Gasteiger partial charge in [0.25, 0.3) is 0 Å². The van der Waals surface area contributed by atoms with Crippen LogP contribution in [0.4, 0.5) is 0 Å². The number of nitrogens with zero attached hydrogens (tertiary/aromatic N) is 1. The smallest absolute Gasteiger partial charge is 0.0639 e. The van der Waals surface area contributed by atoms with Crippen LogP contribution in [0.2, 0.25) is 0 Å². The molecular weight excluding hydrogens is 274 g/mol. The molecule has 3 heteroatoms. The predicted molar refractivity (Wildman–Crippen MR) is 96.3 cm³/mol. The Kier molecular flexibility index (Phi) is 15.7. The van der Waals surface area contributed by atoms with E-state index in [0.717, 1.165) is 6.54 Å². The molecule has 0 heterocycles. The third-order valence-corrected chi connectivity index (χ3v) is 4.12. The van der Waals surface area contributed by atoms with Crippen LogP contribution in [0.3, 0.4) is 0 Å². The fourth-order valence-electron chi connectivity index (χ4n) is 3.00. The van der Waals surface area contributed by atoms with Gasteiger partial charge in [-0.25, -0.2) is 0 Å². The van der Waals surface area contributed by atoms with Crippen LogP contribution in [-0.2, 0) is 0 Å². The Balaban J connectivity index is 3.41. The molecule has 0 radical (unpaired) electrons. The van der Waals surface area contributed by atoms with E-state index in [4.69, 9.17) is 0 Å². The molecule has 134 valence electrons. The van der Waals surface area contributed by atoms with Gasteiger partial charge >= 0.3 is 0 Å². The zero-order valence-electron chi connectivity index (χ0n) is 15.4. The van der Waals surface area contributed by atoms with Crippen molar-refractivity contribution < 1.29 is 10.2 Å². The Bertz CT molecular complexity index is 209. The SMILES string of the molecule is CCCCCCCCCCCCCN(CC(C)O)CC(C)O. The maximum atomic E-state index is 9.49. The lowest BCUT2D eigenvalue weighted by Gasteiger charge is -2.24. The van der Waals surface area contributed by atoms with E-state index in [2.05, 4.69) is 11.8 Å². The van der Waals surface area contributed by atoms with Crippen LogP contribution in [0.1, 0.15) is 91.4 Å². The Morgan fingerprint density at radius 3 is 1.36 bits per heavy atom. The summed E-state index contributed by atoms with van der Waals surface area (Å²) in [7, 11) is 0. The molecule has 0 saturated heterocycles. The van der Waals surface area contributed by atoms with E-state index >= 15 is 0 Å². The first-order chi connectivity index (χ1) is 10.6. The second-order valence-electron chi connectivity index (χ2n) is 6.99. The van der Waals surface area contributed by atoms with Crippen LogP contribution in [0.25, 0.3) is 0 Å². The van der Waals surface area contributed by atoms with Crippen LogP contribution in [0.15, 0.2) is 0 Å². The van der Waals surface area contributed by atoms with Crippen molar-refractivity contribution in [3.63, 3.8) is 0 Å². The van der Waals surface area contributed by atoms with E-state index in [1.807, 2.05) is 13.8 Å². The molecule has 0 aliphatic carbocycles. The average Bonchev–Trinajstić information content (AvgIpc) is 2.43. The number of hydrogen-bond acceptors (Lipinski definition) is 3. The Morgan fingerprint density at radius 1 is 0.636 bits per heavy atom. The fraction of sp³-hybridized carbons (Fsp3) is 1.00.